The smallest absolute Gasteiger partial charge is 0.297 e. The Morgan fingerprint density at radius 3 is 2.61 bits per heavy atom. The van der Waals surface area contributed by atoms with Gasteiger partial charge in [-0.25, -0.2) is 0 Å². The molecule has 1 aromatic heterocycles. The molecule has 6 nitrogen and oxygen atoms in total. The summed E-state index contributed by atoms with van der Waals surface area (Å²) < 4.78 is 24.2. The van der Waals surface area contributed by atoms with Crippen LogP contribution < -0.4 is 5.32 Å². The van der Waals surface area contributed by atoms with E-state index in [0.717, 1.165) is 0 Å². The van der Waals surface area contributed by atoms with Gasteiger partial charge in [0, 0.05) is 10.6 Å². The van der Waals surface area contributed by atoms with Crippen LogP contribution in [-0.2, 0) is 0 Å². The molecule has 0 saturated heterocycles. The van der Waals surface area contributed by atoms with Crippen molar-refractivity contribution in [3.05, 3.63) is 30.1 Å². The summed E-state index contributed by atoms with van der Waals surface area (Å²) in [5, 5.41) is 14.9. The number of aromatic amines is 1. The summed E-state index contributed by atoms with van der Waals surface area (Å²) >= 11 is 0.438. The van der Waals surface area contributed by atoms with Crippen LogP contribution in [0, 0.1) is 0 Å². The monoisotopic (exact) mass is 271 g/mol. The first kappa shape index (κ1) is 12.4. The highest BCUT2D eigenvalue weighted by atomic mass is 32.2. The number of halogens is 2. The van der Waals surface area contributed by atoms with E-state index in [1.165, 1.54) is 24.3 Å². The van der Waals surface area contributed by atoms with Gasteiger partial charge in [-0.05, 0) is 29.5 Å². The molecular formula is C9H7F2N5OS. The second kappa shape index (κ2) is 5.54. The van der Waals surface area contributed by atoms with Crippen molar-refractivity contribution in [2.45, 2.75) is 10.7 Å². The molecule has 2 rings (SSSR count). The van der Waals surface area contributed by atoms with Gasteiger partial charge in [0.25, 0.3) is 17.5 Å². The lowest BCUT2D eigenvalue weighted by molar-refractivity contribution is 0.101. The van der Waals surface area contributed by atoms with E-state index < -0.39 is 11.7 Å². The van der Waals surface area contributed by atoms with Gasteiger partial charge in [0.05, 0.1) is 0 Å². The Kier molecular flexibility index (Phi) is 3.82. The first-order valence-electron chi connectivity index (χ1n) is 4.75. The molecule has 1 aromatic carbocycles. The summed E-state index contributed by atoms with van der Waals surface area (Å²) in [6, 6.07) is 6.01. The number of nitrogens with one attached hydrogen (secondary N) is 2. The van der Waals surface area contributed by atoms with Gasteiger partial charge >= 0.3 is 0 Å². The molecule has 0 aliphatic rings. The Balaban J connectivity index is 2.00. The minimum absolute atomic E-state index is 0.0963. The number of alkyl halides is 2. The molecule has 94 valence electrons. The molecule has 18 heavy (non-hydrogen) atoms. The largest absolute Gasteiger partial charge is 0.319 e. The molecule has 0 unspecified atom stereocenters. The molecule has 0 aliphatic heterocycles. The van der Waals surface area contributed by atoms with Crippen molar-refractivity contribution in [1.82, 2.24) is 20.6 Å². The van der Waals surface area contributed by atoms with E-state index in [-0.39, 0.29) is 5.82 Å². The maximum absolute atomic E-state index is 12.1. The quantitative estimate of drug-likeness (QED) is 0.828. The highest BCUT2D eigenvalue weighted by Gasteiger charge is 2.11. The van der Waals surface area contributed by atoms with Crippen LogP contribution in [0.4, 0.5) is 14.5 Å². The van der Waals surface area contributed by atoms with Crippen LogP contribution in [0.3, 0.4) is 0 Å². The molecular weight excluding hydrogens is 264 g/mol. The lowest BCUT2D eigenvalue weighted by atomic mass is 10.3. The highest BCUT2D eigenvalue weighted by molar-refractivity contribution is 7.99. The van der Waals surface area contributed by atoms with Gasteiger partial charge in [0.15, 0.2) is 0 Å². The average Bonchev–Trinajstić information content (AvgIpc) is 2.84. The Hall–Kier alpha value is -2.03. The molecule has 0 saturated carbocycles. The summed E-state index contributed by atoms with van der Waals surface area (Å²) in [5.41, 5.74) is 0.461. The molecule has 9 heteroatoms. The summed E-state index contributed by atoms with van der Waals surface area (Å²) in [5.74, 6) is -3.09. The number of amides is 1. The van der Waals surface area contributed by atoms with Crippen LogP contribution in [-0.4, -0.2) is 32.3 Å². The van der Waals surface area contributed by atoms with Crippen molar-refractivity contribution in [2.75, 3.05) is 5.32 Å². The van der Waals surface area contributed by atoms with E-state index in [4.69, 9.17) is 0 Å². The fourth-order valence-electron chi connectivity index (χ4n) is 1.16. The van der Waals surface area contributed by atoms with Gasteiger partial charge < -0.3 is 5.32 Å². The number of anilines is 1. The highest BCUT2D eigenvalue weighted by Crippen LogP contribution is 2.26. The molecule has 1 heterocycles. The number of H-pyrrole nitrogens is 1. The zero-order valence-corrected chi connectivity index (χ0v) is 9.62. The van der Waals surface area contributed by atoms with Gasteiger partial charge in [0.2, 0.25) is 0 Å². The number of carbonyl (C=O) groups is 1. The van der Waals surface area contributed by atoms with Crippen LogP contribution in [0.1, 0.15) is 10.6 Å². The lowest BCUT2D eigenvalue weighted by Gasteiger charge is -2.04. The fraction of sp³-hybridized carbons (Fsp3) is 0.111. The summed E-state index contributed by atoms with van der Waals surface area (Å²) in [6.45, 7) is 0. The number of benzene rings is 1. The van der Waals surface area contributed by atoms with E-state index in [2.05, 4.69) is 25.9 Å². The second-order valence-electron chi connectivity index (χ2n) is 3.09. The van der Waals surface area contributed by atoms with Gasteiger partial charge in [-0.1, -0.05) is 11.8 Å². The van der Waals surface area contributed by atoms with Crippen LogP contribution in [0.25, 0.3) is 0 Å². The van der Waals surface area contributed by atoms with E-state index >= 15 is 0 Å². The molecule has 0 radical (unpaired) electrons. The number of thioether (sulfide) groups is 1. The number of hydrogen-bond acceptors (Lipinski definition) is 5. The molecule has 0 bridgehead atoms. The number of tetrazole rings is 1. The second-order valence-corrected chi connectivity index (χ2v) is 4.16. The van der Waals surface area contributed by atoms with Gasteiger partial charge in [-0.2, -0.15) is 14.0 Å². The maximum Gasteiger partial charge on any atom is 0.297 e. The average molecular weight is 271 g/mol. The number of carbonyl (C=O) groups excluding carboxylic acids is 1. The summed E-state index contributed by atoms with van der Waals surface area (Å²) in [6.07, 6.45) is 0. The Labute approximate surface area is 104 Å². The van der Waals surface area contributed by atoms with Crippen molar-refractivity contribution in [2.24, 2.45) is 0 Å². The first-order valence-corrected chi connectivity index (χ1v) is 5.63. The van der Waals surface area contributed by atoms with E-state index in [1.54, 1.807) is 0 Å². The van der Waals surface area contributed by atoms with Crippen molar-refractivity contribution in [1.29, 1.82) is 0 Å². The summed E-state index contributed by atoms with van der Waals surface area (Å²) in [7, 11) is 0. The molecule has 2 aromatic rings. The third kappa shape index (κ3) is 3.23. The number of rotatable bonds is 4. The Morgan fingerprint density at radius 2 is 2.06 bits per heavy atom. The molecule has 0 aliphatic carbocycles. The molecule has 1 amide bonds. The molecule has 0 spiro atoms. The Bertz CT molecular complexity index is 516. The summed E-state index contributed by atoms with van der Waals surface area (Å²) in [4.78, 5) is 11.9. The number of hydrogen-bond donors (Lipinski definition) is 2. The SMILES string of the molecule is O=C(Nc1ccc(SC(F)F)cc1)c1nn[nH]n1. The van der Waals surface area contributed by atoms with Crippen LogP contribution in [0.5, 0.6) is 0 Å². The first-order chi connectivity index (χ1) is 8.65. The van der Waals surface area contributed by atoms with E-state index in [9.17, 15) is 13.6 Å². The van der Waals surface area contributed by atoms with E-state index in [1.807, 2.05) is 0 Å². The van der Waals surface area contributed by atoms with Crippen molar-refractivity contribution in [3.8, 4) is 0 Å². The van der Waals surface area contributed by atoms with Gasteiger partial charge in [-0.15, -0.1) is 10.2 Å². The van der Waals surface area contributed by atoms with Crippen molar-refractivity contribution in [3.63, 3.8) is 0 Å². The van der Waals surface area contributed by atoms with Crippen LogP contribution >= 0.6 is 11.8 Å². The predicted molar refractivity (Wildman–Crippen MR) is 60.4 cm³/mol. The molecule has 0 atom stereocenters. The minimum atomic E-state index is -2.47. The zero-order chi connectivity index (χ0) is 13.0. The normalized spacial score (nSPS) is 10.6. The topological polar surface area (TPSA) is 83.6 Å². The molecule has 2 N–H and O–H groups in total. The third-order valence-electron chi connectivity index (χ3n) is 1.89. The zero-order valence-electron chi connectivity index (χ0n) is 8.80. The van der Waals surface area contributed by atoms with Gasteiger partial charge in [-0.3, -0.25) is 4.79 Å². The number of nitrogens with zero attached hydrogens (tertiary/aromatic N) is 3. The van der Waals surface area contributed by atoms with Crippen LogP contribution in [0.15, 0.2) is 29.2 Å². The van der Waals surface area contributed by atoms with Crippen molar-refractivity contribution < 1.29 is 13.6 Å². The predicted octanol–water partition coefficient (Wildman–Crippen LogP) is 1.77. The third-order valence-corrected chi connectivity index (χ3v) is 2.61. The fourth-order valence-corrected chi connectivity index (χ4v) is 1.66. The van der Waals surface area contributed by atoms with E-state index in [0.29, 0.717) is 22.3 Å². The Morgan fingerprint density at radius 1 is 1.33 bits per heavy atom. The lowest BCUT2D eigenvalue weighted by Crippen LogP contribution is -2.13. The molecule has 0 fully saturated rings. The minimum Gasteiger partial charge on any atom is -0.319 e. The standard InChI is InChI=1S/C9H7F2N5OS/c10-9(11)18-6-3-1-5(2-4-6)12-8(17)7-13-15-16-14-7/h1-4,9H,(H,12,17)(H,13,14,15,16). The van der Waals surface area contributed by atoms with Gasteiger partial charge in [0.1, 0.15) is 0 Å². The van der Waals surface area contributed by atoms with Crippen LogP contribution in [0.2, 0.25) is 0 Å². The van der Waals surface area contributed by atoms with Crippen molar-refractivity contribution >= 4 is 23.4 Å². The maximum atomic E-state index is 12.1. The number of aromatic nitrogens is 4.